The standard InChI is InChI=1S/C20H23ClN4O5/c21-15-13(4-3-9-23-15)16(26)25-10-7-19(8-11-25)12-14(24-30-19)17(27)29-20(18(22)28)5-1-2-6-20/h3-4,9,12,24H,1-2,5-8,10-11H2,(H2,22,28). The molecular weight excluding hydrogens is 412 g/mol. The number of likely N-dealkylation sites (tertiary alicyclic amines) is 1. The van der Waals surface area contributed by atoms with Crippen molar-refractivity contribution in [2.45, 2.75) is 49.7 Å². The van der Waals surface area contributed by atoms with Crippen LogP contribution in [-0.4, -0.2) is 52.0 Å². The van der Waals surface area contributed by atoms with Gasteiger partial charge in [-0.05, 0) is 43.9 Å². The fraction of sp³-hybridized carbons (Fsp3) is 0.500. The van der Waals surface area contributed by atoms with Crippen molar-refractivity contribution in [3.05, 3.63) is 40.8 Å². The Kier molecular flexibility index (Phi) is 5.42. The van der Waals surface area contributed by atoms with Gasteiger partial charge in [-0.2, -0.15) is 0 Å². The molecule has 0 bridgehead atoms. The van der Waals surface area contributed by atoms with Crippen LogP contribution in [0.5, 0.6) is 0 Å². The molecule has 1 saturated heterocycles. The molecule has 3 aliphatic rings. The number of amides is 2. The lowest BCUT2D eigenvalue weighted by Crippen LogP contribution is -2.46. The Morgan fingerprint density at radius 2 is 1.90 bits per heavy atom. The molecule has 10 heteroatoms. The van der Waals surface area contributed by atoms with Gasteiger partial charge in [0.05, 0.1) is 5.56 Å². The molecule has 1 saturated carbocycles. The van der Waals surface area contributed by atoms with Crippen LogP contribution >= 0.6 is 11.6 Å². The molecule has 30 heavy (non-hydrogen) atoms. The number of carbonyl (C=O) groups excluding carboxylic acids is 3. The summed E-state index contributed by atoms with van der Waals surface area (Å²) in [6.07, 6.45) is 6.62. The third-order valence-electron chi connectivity index (χ3n) is 6.03. The predicted molar refractivity (Wildman–Crippen MR) is 106 cm³/mol. The highest BCUT2D eigenvalue weighted by molar-refractivity contribution is 6.32. The van der Waals surface area contributed by atoms with Crippen molar-refractivity contribution in [3.8, 4) is 0 Å². The Bertz CT molecular complexity index is 904. The topological polar surface area (TPSA) is 124 Å². The maximum absolute atomic E-state index is 12.7. The van der Waals surface area contributed by atoms with Crippen LogP contribution in [0.15, 0.2) is 30.1 Å². The minimum atomic E-state index is -1.24. The molecule has 2 aliphatic heterocycles. The first-order chi connectivity index (χ1) is 14.3. The number of piperidine rings is 1. The molecule has 2 fully saturated rings. The van der Waals surface area contributed by atoms with Crippen LogP contribution in [0.4, 0.5) is 0 Å². The number of esters is 1. The molecule has 0 aromatic carbocycles. The second kappa shape index (κ2) is 7.88. The highest BCUT2D eigenvalue weighted by Gasteiger charge is 2.46. The van der Waals surface area contributed by atoms with Crippen LogP contribution in [0.25, 0.3) is 0 Å². The van der Waals surface area contributed by atoms with E-state index in [0.717, 1.165) is 12.8 Å². The van der Waals surface area contributed by atoms with E-state index in [4.69, 9.17) is 26.9 Å². The molecular formula is C20H23ClN4O5. The first-order valence-corrected chi connectivity index (χ1v) is 10.3. The van der Waals surface area contributed by atoms with Gasteiger partial charge in [-0.15, -0.1) is 0 Å². The van der Waals surface area contributed by atoms with E-state index in [1.807, 2.05) is 0 Å². The van der Waals surface area contributed by atoms with Crippen LogP contribution in [0.3, 0.4) is 0 Å². The second-order valence-corrected chi connectivity index (χ2v) is 8.27. The molecule has 1 aliphatic carbocycles. The number of ether oxygens (including phenoxy) is 1. The molecule has 0 radical (unpaired) electrons. The number of nitrogens with one attached hydrogen (secondary N) is 1. The molecule has 2 amide bonds. The zero-order valence-electron chi connectivity index (χ0n) is 16.4. The van der Waals surface area contributed by atoms with Gasteiger partial charge >= 0.3 is 5.97 Å². The van der Waals surface area contributed by atoms with Gasteiger partial charge in [-0.1, -0.05) is 11.6 Å². The van der Waals surface area contributed by atoms with E-state index >= 15 is 0 Å². The molecule has 1 spiro atoms. The zero-order valence-corrected chi connectivity index (χ0v) is 17.1. The molecule has 0 atom stereocenters. The van der Waals surface area contributed by atoms with Gasteiger partial charge in [0.1, 0.15) is 16.5 Å². The number of primary amides is 1. The maximum atomic E-state index is 12.7. The lowest BCUT2D eigenvalue weighted by atomic mass is 9.90. The van der Waals surface area contributed by atoms with Crippen LogP contribution in [-0.2, 0) is 19.2 Å². The van der Waals surface area contributed by atoms with Gasteiger partial charge in [-0.3, -0.25) is 19.9 Å². The highest BCUT2D eigenvalue weighted by atomic mass is 35.5. The van der Waals surface area contributed by atoms with E-state index in [1.54, 1.807) is 23.1 Å². The number of nitrogens with two attached hydrogens (primary N) is 1. The number of hydroxylamine groups is 1. The highest BCUT2D eigenvalue weighted by Crippen LogP contribution is 2.36. The number of rotatable bonds is 4. The average Bonchev–Trinajstić information content (AvgIpc) is 3.37. The Labute approximate surface area is 178 Å². The Morgan fingerprint density at radius 3 is 2.53 bits per heavy atom. The summed E-state index contributed by atoms with van der Waals surface area (Å²) in [5.74, 6) is -1.47. The maximum Gasteiger partial charge on any atom is 0.357 e. The summed E-state index contributed by atoms with van der Waals surface area (Å²) >= 11 is 6.03. The summed E-state index contributed by atoms with van der Waals surface area (Å²) in [4.78, 5) is 48.5. The Hall–Kier alpha value is -2.65. The number of halogens is 1. The Balaban J connectivity index is 1.40. The van der Waals surface area contributed by atoms with E-state index in [0.29, 0.717) is 44.3 Å². The lowest BCUT2D eigenvalue weighted by Gasteiger charge is -2.36. The van der Waals surface area contributed by atoms with Crippen molar-refractivity contribution in [2.24, 2.45) is 5.73 Å². The second-order valence-electron chi connectivity index (χ2n) is 7.92. The van der Waals surface area contributed by atoms with Gasteiger partial charge < -0.3 is 15.4 Å². The average molecular weight is 435 g/mol. The molecule has 1 aromatic heterocycles. The third kappa shape index (κ3) is 3.75. The zero-order chi connectivity index (χ0) is 21.4. The largest absolute Gasteiger partial charge is 0.444 e. The van der Waals surface area contributed by atoms with Crippen molar-refractivity contribution >= 4 is 29.4 Å². The third-order valence-corrected chi connectivity index (χ3v) is 6.33. The molecule has 0 unspecified atom stereocenters. The minimum Gasteiger partial charge on any atom is -0.444 e. The molecule has 160 valence electrons. The SMILES string of the molecule is NC(=O)C1(OC(=O)C2=CC3(CCN(C(=O)c4cccnc4Cl)CC3)ON2)CCCC1. The smallest absolute Gasteiger partial charge is 0.357 e. The van der Waals surface area contributed by atoms with E-state index in [9.17, 15) is 14.4 Å². The number of aromatic nitrogens is 1. The first-order valence-electron chi connectivity index (χ1n) is 9.94. The first kappa shape index (κ1) is 20.6. The summed E-state index contributed by atoms with van der Waals surface area (Å²) in [5.41, 5.74) is 6.65. The number of hydrogen-bond acceptors (Lipinski definition) is 7. The number of nitrogens with zero attached hydrogens (tertiary/aromatic N) is 2. The molecule has 1 aromatic rings. The van der Waals surface area contributed by atoms with E-state index in [-0.39, 0.29) is 16.8 Å². The van der Waals surface area contributed by atoms with Crippen LogP contribution in [0.1, 0.15) is 48.9 Å². The quantitative estimate of drug-likeness (QED) is 0.543. The summed E-state index contributed by atoms with van der Waals surface area (Å²) in [6, 6.07) is 3.31. The fourth-order valence-corrected chi connectivity index (χ4v) is 4.41. The fourth-order valence-electron chi connectivity index (χ4n) is 4.21. The summed E-state index contributed by atoms with van der Waals surface area (Å²) in [7, 11) is 0. The van der Waals surface area contributed by atoms with Crippen LogP contribution in [0, 0.1) is 0 Å². The van der Waals surface area contributed by atoms with Gasteiger partial charge in [0, 0.05) is 32.1 Å². The minimum absolute atomic E-state index is 0.151. The van der Waals surface area contributed by atoms with Crippen molar-refractivity contribution in [1.29, 1.82) is 0 Å². The normalized spacial score (nSPS) is 21.8. The number of hydrogen-bond donors (Lipinski definition) is 2. The van der Waals surface area contributed by atoms with Crippen LogP contribution in [0.2, 0.25) is 5.15 Å². The van der Waals surface area contributed by atoms with E-state index < -0.39 is 23.1 Å². The molecule has 4 rings (SSSR count). The predicted octanol–water partition coefficient (Wildman–Crippen LogP) is 1.47. The van der Waals surface area contributed by atoms with E-state index in [2.05, 4.69) is 10.5 Å². The Morgan fingerprint density at radius 1 is 1.20 bits per heavy atom. The monoisotopic (exact) mass is 434 g/mol. The molecule has 3 heterocycles. The van der Waals surface area contributed by atoms with Crippen molar-refractivity contribution in [1.82, 2.24) is 15.4 Å². The van der Waals surface area contributed by atoms with Gasteiger partial charge in [0.2, 0.25) is 0 Å². The molecule has 3 N–H and O–H groups in total. The van der Waals surface area contributed by atoms with Crippen molar-refractivity contribution in [3.63, 3.8) is 0 Å². The van der Waals surface area contributed by atoms with Gasteiger partial charge in [-0.25, -0.2) is 9.78 Å². The lowest BCUT2D eigenvalue weighted by molar-refractivity contribution is -0.164. The van der Waals surface area contributed by atoms with Crippen molar-refractivity contribution in [2.75, 3.05) is 13.1 Å². The van der Waals surface area contributed by atoms with Gasteiger partial charge in [0.15, 0.2) is 5.60 Å². The number of pyridine rings is 1. The summed E-state index contributed by atoms with van der Waals surface area (Å²) < 4.78 is 5.50. The number of carbonyl (C=O) groups is 3. The summed E-state index contributed by atoms with van der Waals surface area (Å²) in [5, 5.41) is 0.168. The molecule has 9 nitrogen and oxygen atoms in total. The van der Waals surface area contributed by atoms with Crippen molar-refractivity contribution < 1.29 is 24.0 Å². The van der Waals surface area contributed by atoms with Gasteiger partial charge in [0.25, 0.3) is 11.8 Å². The van der Waals surface area contributed by atoms with Crippen LogP contribution < -0.4 is 11.2 Å². The summed E-state index contributed by atoms with van der Waals surface area (Å²) in [6.45, 7) is 0.853. The van der Waals surface area contributed by atoms with E-state index in [1.165, 1.54) is 6.20 Å².